The van der Waals surface area contributed by atoms with E-state index in [0.29, 0.717) is 18.2 Å². The molecule has 5 nitrogen and oxygen atoms in total. The molecular formula is C19H23FN4O. The van der Waals surface area contributed by atoms with Crippen molar-refractivity contribution < 1.29 is 9.18 Å². The van der Waals surface area contributed by atoms with Gasteiger partial charge in [-0.1, -0.05) is 12.1 Å². The van der Waals surface area contributed by atoms with Gasteiger partial charge in [-0.3, -0.25) is 9.88 Å². The van der Waals surface area contributed by atoms with E-state index < -0.39 is 0 Å². The zero-order chi connectivity index (χ0) is 17.5. The van der Waals surface area contributed by atoms with Gasteiger partial charge in [-0.25, -0.2) is 9.18 Å². The Morgan fingerprint density at radius 2 is 2.24 bits per heavy atom. The Hall–Kier alpha value is -2.47. The van der Waals surface area contributed by atoms with Crippen LogP contribution in [0.15, 0.2) is 48.8 Å². The molecule has 2 N–H and O–H groups in total. The summed E-state index contributed by atoms with van der Waals surface area (Å²) in [5, 5.41) is 5.55. The number of amides is 2. The van der Waals surface area contributed by atoms with E-state index in [1.54, 1.807) is 18.3 Å². The normalized spacial score (nSPS) is 17.9. The van der Waals surface area contributed by atoms with Gasteiger partial charge in [0.15, 0.2) is 0 Å². The van der Waals surface area contributed by atoms with Crippen molar-refractivity contribution in [2.45, 2.75) is 19.4 Å². The Kier molecular flexibility index (Phi) is 5.95. The lowest BCUT2D eigenvalue weighted by Crippen LogP contribution is -2.41. The highest BCUT2D eigenvalue weighted by atomic mass is 19.1. The molecule has 2 heterocycles. The largest absolute Gasteiger partial charge is 0.338 e. The number of carbonyl (C=O) groups excluding carboxylic acids is 1. The number of hydrogen-bond donors (Lipinski definition) is 2. The van der Waals surface area contributed by atoms with Crippen LogP contribution in [0.3, 0.4) is 0 Å². The molecule has 1 aliphatic heterocycles. The fourth-order valence-electron chi connectivity index (χ4n) is 3.19. The summed E-state index contributed by atoms with van der Waals surface area (Å²) in [4.78, 5) is 18.5. The van der Waals surface area contributed by atoms with Gasteiger partial charge >= 0.3 is 6.03 Å². The summed E-state index contributed by atoms with van der Waals surface area (Å²) in [6.45, 7) is 3.53. The third kappa shape index (κ3) is 5.53. The van der Waals surface area contributed by atoms with E-state index in [-0.39, 0.29) is 11.8 Å². The molecule has 0 spiro atoms. The van der Waals surface area contributed by atoms with Crippen LogP contribution in [0.4, 0.5) is 14.9 Å². The van der Waals surface area contributed by atoms with Crippen molar-refractivity contribution in [3.63, 3.8) is 0 Å². The number of likely N-dealkylation sites (tertiary alicyclic amines) is 1. The first-order chi connectivity index (χ1) is 12.2. The standard InChI is InChI=1S/C19H23FN4O/c20-17-6-1-7-18(10-17)23-19(25)22-12-16-5-3-9-24(14-16)13-15-4-2-8-21-11-15/h1-2,4,6-8,10-11,16H,3,5,9,12-14H2,(H2,22,23,25)/t16-/m1/s1. The summed E-state index contributed by atoms with van der Waals surface area (Å²) in [7, 11) is 0. The van der Waals surface area contributed by atoms with Gasteiger partial charge in [0.05, 0.1) is 0 Å². The fourth-order valence-corrected chi connectivity index (χ4v) is 3.19. The van der Waals surface area contributed by atoms with Crippen molar-refractivity contribution in [1.82, 2.24) is 15.2 Å². The number of aromatic nitrogens is 1. The molecule has 2 aromatic rings. The summed E-state index contributed by atoms with van der Waals surface area (Å²) in [6.07, 6.45) is 5.90. The lowest BCUT2D eigenvalue weighted by atomic mass is 9.97. The van der Waals surface area contributed by atoms with Gasteiger partial charge in [0.25, 0.3) is 0 Å². The molecule has 3 rings (SSSR count). The van der Waals surface area contributed by atoms with E-state index >= 15 is 0 Å². The second kappa shape index (κ2) is 8.58. The number of hydrogen-bond acceptors (Lipinski definition) is 3. The predicted octanol–water partition coefficient (Wildman–Crippen LogP) is 3.25. The smallest absolute Gasteiger partial charge is 0.319 e. The van der Waals surface area contributed by atoms with Gasteiger partial charge in [0.2, 0.25) is 0 Å². The summed E-state index contributed by atoms with van der Waals surface area (Å²) in [5.74, 6) is 0.0554. The zero-order valence-corrected chi connectivity index (χ0v) is 14.1. The first-order valence-corrected chi connectivity index (χ1v) is 8.61. The fraction of sp³-hybridized carbons (Fsp3) is 0.368. The van der Waals surface area contributed by atoms with E-state index in [0.717, 1.165) is 32.5 Å². The van der Waals surface area contributed by atoms with Crippen LogP contribution in [0.1, 0.15) is 18.4 Å². The van der Waals surface area contributed by atoms with E-state index in [1.165, 1.54) is 17.7 Å². The number of benzene rings is 1. The SMILES string of the molecule is O=C(NC[C@H]1CCCN(Cc2cccnc2)C1)Nc1cccc(F)c1. The average molecular weight is 342 g/mol. The Morgan fingerprint density at radius 1 is 1.32 bits per heavy atom. The van der Waals surface area contributed by atoms with Crippen LogP contribution in [0.25, 0.3) is 0 Å². The Morgan fingerprint density at radius 3 is 3.04 bits per heavy atom. The molecule has 1 aromatic carbocycles. The minimum Gasteiger partial charge on any atom is -0.338 e. The predicted molar refractivity (Wildman–Crippen MR) is 95.7 cm³/mol. The number of anilines is 1. The summed E-state index contributed by atoms with van der Waals surface area (Å²) in [5.41, 5.74) is 1.67. The minimum absolute atomic E-state index is 0.296. The number of urea groups is 1. The molecule has 2 amide bonds. The molecule has 25 heavy (non-hydrogen) atoms. The highest BCUT2D eigenvalue weighted by Gasteiger charge is 2.20. The highest BCUT2D eigenvalue weighted by molar-refractivity contribution is 5.89. The van der Waals surface area contributed by atoms with Gasteiger partial charge in [-0.05, 0) is 55.1 Å². The van der Waals surface area contributed by atoms with E-state index in [4.69, 9.17) is 0 Å². The van der Waals surface area contributed by atoms with Gasteiger partial charge in [0, 0.05) is 37.7 Å². The maximum Gasteiger partial charge on any atom is 0.319 e. The van der Waals surface area contributed by atoms with Gasteiger partial charge < -0.3 is 10.6 Å². The molecule has 132 valence electrons. The molecule has 0 bridgehead atoms. The first kappa shape index (κ1) is 17.4. The number of nitrogens with zero attached hydrogens (tertiary/aromatic N) is 2. The van der Waals surface area contributed by atoms with Crippen molar-refractivity contribution in [2.75, 3.05) is 25.0 Å². The van der Waals surface area contributed by atoms with Crippen LogP contribution in [0, 0.1) is 11.7 Å². The monoisotopic (exact) mass is 342 g/mol. The molecule has 0 radical (unpaired) electrons. The lowest BCUT2D eigenvalue weighted by molar-refractivity contribution is 0.166. The third-order valence-electron chi connectivity index (χ3n) is 4.37. The van der Waals surface area contributed by atoms with Crippen molar-refractivity contribution in [1.29, 1.82) is 0 Å². The molecule has 0 saturated carbocycles. The first-order valence-electron chi connectivity index (χ1n) is 8.61. The Bertz CT molecular complexity index is 695. The van der Waals surface area contributed by atoms with Crippen molar-refractivity contribution >= 4 is 11.7 Å². The van der Waals surface area contributed by atoms with E-state index in [9.17, 15) is 9.18 Å². The number of rotatable bonds is 5. The third-order valence-corrected chi connectivity index (χ3v) is 4.37. The second-order valence-corrected chi connectivity index (χ2v) is 6.45. The minimum atomic E-state index is -0.365. The summed E-state index contributed by atoms with van der Waals surface area (Å²) < 4.78 is 13.1. The van der Waals surface area contributed by atoms with Gasteiger partial charge in [-0.2, -0.15) is 0 Å². The van der Waals surface area contributed by atoms with Gasteiger partial charge in [-0.15, -0.1) is 0 Å². The van der Waals surface area contributed by atoms with Crippen LogP contribution in [-0.2, 0) is 6.54 Å². The number of pyridine rings is 1. The highest BCUT2D eigenvalue weighted by Crippen LogP contribution is 2.18. The molecule has 1 saturated heterocycles. The molecular weight excluding hydrogens is 319 g/mol. The second-order valence-electron chi connectivity index (χ2n) is 6.45. The molecule has 1 aromatic heterocycles. The van der Waals surface area contributed by atoms with E-state index in [2.05, 4.69) is 26.6 Å². The molecule has 1 atom stereocenters. The van der Waals surface area contributed by atoms with Crippen molar-refractivity contribution in [2.24, 2.45) is 5.92 Å². The van der Waals surface area contributed by atoms with Crippen molar-refractivity contribution in [3.05, 3.63) is 60.2 Å². The van der Waals surface area contributed by atoms with Gasteiger partial charge in [0.1, 0.15) is 5.82 Å². The van der Waals surface area contributed by atoms with E-state index in [1.807, 2.05) is 12.3 Å². The van der Waals surface area contributed by atoms with Crippen molar-refractivity contribution in [3.8, 4) is 0 Å². The number of carbonyl (C=O) groups is 1. The Labute approximate surface area is 147 Å². The topological polar surface area (TPSA) is 57.3 Å². The number of nitrogens with one attached hydrogen (secondary N) is 2. The lowest BCUT2D eigenvalue weighted by Gasteiger charge is -2.32. The number of halogens is 1. The van der Waals surface area contributed by atoms with Crippen LogP contribution < -0.4 is 10.6 Å². The quantitative estimate of drug-likeness (QED) is 0.877. The molecule has 1 fully saturated rings. The zero-order valence-electron chi connectivity index (χ0n) is 14.1. The molecule has 0 aliphatic carbocycles. The van der Waals surface area contributed by atoms with Crippen LogP contribution >= 0.6 is 0 Å². The van der Waals surface area contributed by atoms with Crippen LogP contribution in [-0.4, -0.2) is 35.5 Å². The molecule has 1 aliphatic rings. The summed E-state index contributed by atoms with van der Waals surface area (Å²) >= 11 is 0. The maximum atomic E-state index is 13.1. The summed E-state index contributed by atoms with van der Waals surface area (Å²) in [6, 6.07) is 9.63. The van der Waals surface area contributed by atoms with Crippen LogP contribution in [0.5, 0.6) is 0 Å². The average Bonchev–Trinajstić information content (AvgIpc) is 2.61. The maximum absolute atomic E-state index is 13.1. The number of piperidine rings is 1. The van der Waals surface area contributed by atoms with Crippen LogP contribution in [0.2, 0.25) is 0 Å². The molecule has 6 heteroatoms. The molecule has 0 unspecified atom stereocenters. The Balaban J connectivity index is 1.44.